The van der Waals surface area contributed by atoms with Crippen LogP contribution >= 0.6 is 0 Å². The van der Waals surface area contributed by atoms with Crippen LogP contribution in [0.2, 0.25) is 0 Å². The lowest BCUT2D eigenvalue weighted by molar-refractivity contribution is 0.0258. The van der Waals surface area contributed by atoms with Crippen LogP contribution in [0.3, 0.4) is 0 Å². The highest BCUT2D eigenvalue weighted by Gasteiger charge is 2.28. The highest BCUT2D eigenvalue weighted by molar-refractivity contribution is 5.34. The van der Waals surface area contributed by atoms with E-state index in [1.807, 2.05) is 35.2 Å². The molecule has 0 unspecified atom stereocenters. The number of halogens is 1. The Hall–Kier alpha value is -2.37. The van der Waals surface area contributed by atoms with Gasteiger partial charge in [0.15, 0.2) is 0 Å². The molecule has 3 aromatic rings. The largest absolute Gasteiger partial charge is 0.468 e. The zero-order valence-corrected chi connectivity index (χ0v) is 12.6. The van der Waals surface area contributed by atoms with Crippen molar-refractivity contribution < 1.29 is 13.5 Å². The number of rotatable bonds is 4. The summed E-state index contributed by atoms with van der Waals surface area (Å²) in [5, 5.41) is 0. The van der Waals surface area contributed by atoms with E-state index in [0.717, 1.165) is 30.1 Å². The van der Waals surface area contributed by atoms with Gasteiger partial charge >= 0.3 is 0 Å². The van der Waals surface area contributed by atoms with Crippen molar-refractivity contribution in [1.82, 2.24) is 9.47 Å². The van der Waals surface area contributed by atoms with Gasteiger partial charge in [-0.05, 0) is 42.5 Å². The van der Waals surface area contributed by atoms with Crippen LogP contribution in [0.25, 0.3) is 5.69 Å². The molecule has 1 aliphatic rings. The number of nitrogens with zero attached hydrogens (tertiary/aromatic N) is 2. The Kier molecular flexibility index (Phi) is 3.73. The molecule has 0 N–H and O–H groups in total. The van der Waals surface area contributed by atoms with E-state index >= 15 is 0 Å². The summed E-state index contributed by atoms with van der Waals surface area (Å²) >= 11 is 0. The Labute approximate surface area is 133 Å². The van der Waals surface area contributed by atoms with E-state index in [1.165, 1.54) is 12.1 Å². The predicted molar refractivity (Wildman–Crippen MR) is 83.5 cm³/mol. The standard InChI is InChI=1S/C18H17FN2O2/c19-15-3-5-16(6-4-15)20-8-7-14(12-20)18-21(9-11-23-18)13-17-2-1-10-22-17/h1-8,10,12,18H,9,11,13H2/t18-/m1/s1. The average molecular weight is 312 g/mol. The van der Waals surface area contributed by atoms with Crippen molar-refractivity contribution in [3.05, 3.63) is 78.3 Å². The van der Waals surface area contributed by atoms with Gasteiger partial charge in [-0.15, -0.1) is 0 Å². The number of hydrogen-bond acceptors (Lipinski definition) is 3. The third-order valence-electron chi connectivity index (χ3n) is 4.05. The lowest BCUT2D eigenvalue weighted by atomic mass is 10.2. The minimum absolute atomic E-state index is 0.0817. The van der Waals surface area contributed by atoms with Gasteiger partial charge in [-0.1, -0.05) is 0 Å². The van der Waals surface area contributed by atoms with Gasteiger partial charge in [-0.25, -0.2) is 4.39 Å². The zero-order chi connectivity index (χ0) is 15.6. The zero-order valence-electron chi connectivity index (χ0n) is 12.6. The molecule has 4 rings (SSSR count). The second-order valence-electron chi connectivity index (χ2n) is 5.60. The Balaban J connectivity index is 1.54. The van der Waals surface area contributed by atoms with Gasteiger partial charge < -0.3 is 13.7 Å². The fourth-order valence-corrected chi connectivity index (χ4v) is 2.91. The molecular formula is C18H17FN2O2. The molecule has 118 valence electrons. The Morgan fingerprint density at radius 1 is 1.13 bits per heavy atom. The Bertz CT molecular complexity index is 765. The van der Waals surface area contributed by atoms with Crippen LogP contribution in [0.4, 0.5) is 4.39 Å². The van der Waals surface area contributed by atoms with Crippen LogP contribution < -0.4 is 0 Å². The molecule has 2 aromatic heterocycles. The van der Waals surface area contributed by atoms with Gasteiger partial charge in [0.1, 0.15) is 17.8 Å². The summed E-state index contributed by atoms with van der Waals surface area (Å²) in [6, 6.07) is 12.3. The van der Waals surface area contributed by atoms with E-state index in [1.54, 1.807) is 18.4 Å². The third-order valence-corrected chi connectivity index (χ3v) is 4.05. The molecule has 1 saturated heterocycles. The van der Waals surface area contributed by atoms with Crippen molar-refractivity contribution in [3.63, 3.8) is 0 Å². The summed E-state index contributed by atoms with van der Waals surface area (Å²) in [6.07, 6.45) is 5.60. The average Bonchev–Trinajstić information content (AvgIpc) is 3.29. The van der Waals surface area contributed by atoms with Crippen LogP contribution in [0.5, 0.6) is 0 Å². The number of benzene rings is 1. The summed E-state index contributed by atoms with van der Waals surface area (Å²) < 4.78 is 26.3. The number of aromatic nitrogens is 1. The van der Waals surface area contributed by atoms with Gasteiger partial charge in [0, 0.05) is 30.2 Å². The first kappa shape index (κ1) is 14.2. The lowest BCUT2D eigenvalue weighted by Gasteiger charge is -2.21. The maximum absolute atomic E-state index is 13.0. The highest BCUT2D eigenvalue weighted by atomic mass is 19.1. The summed E-state index contributed by atoms with van der Waals surface area (Å²) in [6.45, 7) is 2.29. The van der Waals surface area contributed by atoms with Gasteiger partial charge in [-0.2, -0.15) is 0 Å². The lowest BCUT2D eigenvalue weighted by Crippen LogP contribution is -2.22. The molecular weight excluding hydrogens is 295 g/mol. The summed E-state index contributed by atoms with van der Waals surface area (Å²) in [5.41, 5.74) is 2.01. The van der Waals surface area contributed by atoms with Crippen LogP contribution in [0, 0.1) is 5.82 Å². The molecule has 23 heavy (non-hydrogen) atoms. The second-order valence-corrected chi connectivity index (χ2v) is 5.60. The number of hydrogen-bond donors (Lipinski definition) is 0. The molecule has 1 aromatic carbocycles. The predicted octanol–water partition coefficient (Wildman–Crippen LogP) is 3.74. The number of furan rings is 1. The summed E-state index contributed by atoms with van der Waals surface area (Å²) in [5.74, 6) is 0.698. The van der Waals surface area contributed by atoms with Crippen LogP contribution in [-0.4, -0.2) is 22.6 Å². The highest BCUT2D eigenvalue weighted by Crippen LogP contribution is 2.29. The van der Waals surface area contributed by atoms with Crippen molar-refractivity contribution in [2.75, 3.05) is 13.2 Å². The van der Waals surface area contributed by atoms with Crippen molar-refractivity contribution in [2.45, 2.75) is 12.8 Å². The molecule has 0 saturated carbocycles. The first-order chi connectivity index (χ1) is 11.3. The molecule has 0 amide bonds. The van der Waals surface area contributed by atoms with Crippen LogP contribution in [-0.2, 0) is 11.3 Å². The van der Waals surface area contributed by atoms with Crippen molar-refractivity contribution in [1.29, 1.82) is 0 Å². The Morgan fingerprint density at radius 2 is 2.00 bits per heavy atom. The minimum atomic E-state index is -0.232. The molecule has 3 heterocycles. The molecule has 0 radical (unpaired) electrons. The molecule has 1 aliphatic heterocycles. The normalized spacial score (nSPS) is 18.6. The van der Waals surface area contributed by atoms with Crippen molar-refractivity contribution >= 4 is 0 Å². The van der Waals surface area contributed by atoms with Crippen LogP contribution in [0.1, 0.15) is 17.6 Å². The smallest absolute Gasteiger partial charge is 0.138 e. The molecule has 0 bridgehead atoms. The van der Waals surface area contributed by atoms with Gasteiger partial charge in [-0.3, -0.25) is 4.90 Å². The molecule has 1 fully saturated rings. The van der Waals surface area contributed by atoms with E-state index in [-0.39, 0.29) is 12.0 Å². The molecule has 0 aliphatic carbocycles. The van der Waals surface area contributed by atoms with E-state index in [2.05, 4.69) is 4.90 Å². The first-order valence-electron chi connectivity index (χ1n) is 7.61. The Morgan fingerprint density at radius 3 is 2.78 bits per heavy atom. The quantitative estimate of drug-likeness (QED) is 0.735. The van der Waals surface area contributed by atoms with E-state index in [4.69, 9.17) is 9.15 Å². The van der Waals surface area contributed by atoms with Gasteiger partial charge in [0.25, 0.3) is 0 Å². The van der Waals surface area contributed by atoms with Crippen LogP contribution in [0.15, 0.2) is 65.5 Å². The summed E-state index contributed by atoms with van der Waals surface area (Å²) in [4.78, 5) is 2.24. The fourth-order valence-electron chi connectivity index (χ4n) is 2.91. The SMILES string of the molecule is Fc1ccc(-n2ccc([C@H]3OCCN3Cc3ccco3)c2)cc1. The van der Waals surface area contributed by atoms with Gasteiger partial charge in [0.05, 0.1) is 19.4 Å². The number of ether oxygens (including phenoxy) is 1. The third kappa shape index (κ3) is 2.93. The topological polar surface area (TPSA) is 30.5 Å². The second kappa shape index (κ2) is 6.02. The van der Waals surface area contributed by atoms with Crippen molar-refractivity contribution in [3.8, 4) is 5.69 Å². The molecule has 5 heteroatoms. The molecule has 0 spiro atoms. The minimum Gasteiger partial charge on any atom is -0.468 e. The monoisotopic (exact) mass is 312 g/mol. The maximum Gasteiger partial charge on any atom is 0.138 e. The van der Waals surface area contributed by atoms with Crippen molar-refractivity contribution in [2.24, 2.45) is 0 Å². The fraction of sp³-hybridized carbons (Fsp3) is 0.222. The van der Waals surface area contributed by atoms with Gasteiger partial charge in [0.2, 0.25) is 0 Å². The maximum atomic E-state index is 13.0. The molecule has 4 nitrogen and oxygen atoms in total. The van der Waals surface area contributed by atoms with E-state index in [0.29, 0.717) is 6.61 Å². The first-order valence-corrected chi connectivity index (χ1v) is 7.61. The van der Waals surface area contributed by atoms with E-state index < -0.39 is 0 Å². The molecule has 1 atom stereocenters. The van der Waals surface area contributed by atoms with E-state index in [9.17, 15) is 4.39 Å². The summed E-state index contributed by atoms with van der Waals surface area (Å²) in [7, 11) is 0.